The van der Waals surface area contributed by atoms with Crippen LogP contribution in [0.1, 0.15) is 24.5 Å². The molecule has 1 aliphatic heterocycles. The van der Waals surface area contributed by atoms with Gasteiger partial charge in [-0.3, -0.25) is 0 Å². The van der Waals surface area contributed by atoms with Crippen LogP contribution in [0.15, 0.2) is 23.1 Å². The van der Waals surface area contributed by atoms with Gasteiger partial charge in [0.1, 0.15) is 0 Å². The molecule has 0 aromatic heterocycles. The van der Waals surface area contributed by atoms with E-state index in [4.69, 9.17) is 4.74 Å². The Balaban J connectivity index is 2.11. The lowest BCUT2D eigenvalue weighted by Gasteiger charge is -2.34. The molecule has 0 atom stereocenters. The molecule has 182 valence electrons. The first-order chi connectivity index (χ1) is 14.8. The molecule has 2 rings (SSSR count). The molecule has 0 saturated carbocycles. The Labute approximate surface area is 181 Å². The quantitative estimate of drug-likeness (QED) is 0.470. The molecule has 0 bridgehead atoms. The summed E-state index contributed by atoms with van der Waals surface area (Å²) in [4.78, 5) is 12.3. The van der Waals surface area contributed by atoms with Crippen LogP contribution >= 0.6 is 0 Å². The highest BCUT2D eigenvalue weighted by Gasteiger charge is 2.39. The van der Waals surface area contributed by atoms with Gasteiger partial charge in [0.2, 0.25) is 10.0 Å². The Morgan fingerprint density at radius 1 is 1.00 bits per heavy atom. The Morgan fingerprint density at radius 2 is 1.53 bits per heavy atom. The highest BCUT2D eigenvalue weighted by molar-refractivity contribution is 7.89. The Kier molecular flexibility index (Phi) is 8.39. The van der Waals surface area contributed by atoms with Crippen LogP contribution in [0.3, 0.4) is 0 Å². The number of urea groups is 1. The fraction of sp³-hybridized carbons (Fsp3) is 0.611. The molecule has 0 radical (unpaired) electrons. The van der Waals surface area contributed by atoms with E-state index in [1.165, 1.54) is 4.90 Å². The van der Waals surface area contributed by atoms with Gasteiger partial charge in [0.05, 0.1) is 16.0 Å². The number of benzene rings is 1. The average Bonchev–Trinajstić information content (AvgIpc) is 2.72. The number of amides is 2. The van der Waals surface area contributed by atoms with Gasteiger partial charge < -0.3 is 15.0 Å². The summed E-state index contributed by atoms with van der Waals surface area (Å²) in [5, 5.41) is 2.63. The maximum atomic E-state index is 13.0. The summed E-state index contributed by atoms with van der Waals surface area (Å²) in [6, 6.07) is -0.214. The molecule has 1 N–H and O–H groups in total. The second-order valence-electron chi connectivity index (χ2n) is 6.92. The van der Waals surface area contributed by atoms with E-state index < -0.39 is 44.4 Å². The molecule has 1 heterocycles. The Bertz CT molecular complexity index is 865. The van der Waals surface area contributed by atoms with Crippen LogP contribution < -0.4 is 5.32 Å². The maximum absolute atomic E-state index is 13.0. The number of rotatable bonds is 7. The molecule has 7 nitrogen and oxygen atoms in total. The van der Waals surface area contributed by atoms with Crippen molar-refractivity contribution in [2.75, 3.05) is 45.9 Å². The Morgan fingerprint density at radius 3 is 2.00 bits per heavy atom. The zero-order valence-corrected chi connectivity index (χ0v) is 17.9. The van der Waals surface area contributed by atoms with Crippen molar-refractivity contribution in [1.29, 1.82) is 0 Å². The predicted octanol–water partition coefficient (Wildman–Crippen LogP) is 3.17. The number of piperazine rings is 1. The first-order valence-electron chi connectivity index (χ1n) is 9.67. The van der Waals surface area contributed by atoms with Crippen LogP contribution in [0.2, 0.25) is 0 Å². The third kappa shape index (κ3) is 6.72. The van der Waals surface area contributed by atoms with E-state index in [1.807, 2.05) is 6.92 Å². The summed E-state index contributed by atoms with van der Waals surface area (Å²) in [6.45, 7) is 2.49. The molecule has 1 aromatic carbocycles. The summed E-state index contributed by atoms with van der Waals surface area (Å²) in [5.74, 6) is 0. The number of carbonyl (C=O) groups excluding carboxylic acids is 1. The van der Waals surface area contributed by atoms with Crippen LogP contribution in [0.5, 0.6) is 0 Å². The topological polar surface area (TPSA) is 79.0 Å². The van der Waals surface area contributed by atoms with Crippen LogP contribution in [0.25, 0.3) is 0 Å². The number of hydrogen-bond donors (Lipinski definition) is 1. The summed E-state index contributed by atoms with van der Waals surface area (Å²) >= 11 is 0. The summed E-state index contributed by atoms with van der Waals surface area (Å²) in [6.07, 6.45) is -9.75. The molecule has 0 unspecified atom stereocenters. The van der Waals surface area contributed by atoms with Crippen molar-refractivity contribution in [3.63, 3.8) is 0 Å². The maximum Gasteiger partial charge on any atom is 0.416 e. The van der Waals surface area contributed by atoms with E-state index >= 15 is 0 Å². The number of alkyl halides is 6. The molecular formula is C18H23F6N3O4S. The number of nitrogens with zero attached hydrogens (tertiary/aromatic N) is 2. The van der Waals surface area contributed by atoms with Crippen molar-refractivity contribution in [2.24, 2.45) is 0 Å². The highest BCUT2D eigenvalue weighted by Crippen LogP contribution is 2.37. The normalized spacial score (nSPS) is 16.3. The van der Waals surface area contributed by atoms with Gasteiger partial charge in [0.15, 0.2) is 0 Å². The summed E-state index contributed by atoms with van der Waals surface area (Å²) < 4.78 is 110. The van der Waals surface area contributed by atoms with E-state index in [9.17, 15) is 39.6 Å². The fourth-order valence-electron chi connectivity index (χ4n) is 2.98. The van der Waals surface area contributed by atoms with E-state index in [1.54, 1.807) is 0 Å². The third-order valence-electron chi connectivity index (χ3n) is 4.67. The number of nitrogens with one attached hydrogen (secondary N) is 1. The number of ether oxygens (including phenoxy) is 1. The van der Waals surface area contributed by atoms with Crippen molar-refractivity contribution in [2.45, 2.75) is 30.6 Å². The van der Waals surface area contributed by atoms with Crippen LogP contribution in [-0.2, 0) is 27.1 Å². The number of halogens is 6. The van der Waals surface area contributed by atoms with E-state index in [2.05, 4.69) is 5.32 Å². The largest absolute Gasteiger partial charge is 0.416 e. The first-order valence-corrected chi connectivity index (χ1v) is 11.1. The van der Waals surface area contributed by atoms with Gasteiger partial charge in [-0.15, -0.1) is 0 Å². The molecule has 1 fully saturated rings. The van der Waals surface area contributed by atoms with Gasteiger partial charge in [0.25, 0.3) is 0 Å². The second kappa shape index (κ2) is 10.3. The first kappa shape index (κ1) is 26.2. The van der Waals surface area contributed by atoms with Gasteiger partial charge in [-0.1, -0.05) is 0 Å². The lowest BCUT2D eigenvalue weighted by Crippen LogP contribution is -2.53. The predicted molar refractivity (Wildman–Crippen MR) is 101 cm³/mol. The number of sulfonamides is 1. The van der Waals surface area contributed by atoms with Crippen LogP contribution in [0.4, 0.5) is 31.1 Å². The molecule has 2 amide bonds. The molecule has 1 aromatic rings. The molecule has 1 saturated heterocycles. The monoisotopic (exact) mass is 491 g/mol. The second-order valence-corrected chi connectivity index (χ2v) is 8.85. The van der Waals surface area contributed by atoms with Gasteiger partial charge in [-0.05, 0) is 31.5 Å². The van der Waals surface area contributed by atoms with Crippen molar-refractivity contribution in [3.8, 4) is 0 Å². The molecule has 32 heavy (non-hydrogen) atoms. The van der Waals surface area contributed by atoms with E-state index in [0.29, 0.717) is 26.2 Å². The van der Waals surface area contributed by atoms with Gasteiger partial charge in [0, 0.05) is 45.9 Å². The van der Waals surface area contributed by atoms with Gasteiger partial charge in [-0.2, -0.15) is 30.6 Å². The SMILES string of the molecule is CCOCCCNC(=O)N1CCN(S(=O)(=O)c2cc(C(F)(F)F)cc(C(F)(F)F)c2)CC1. The molecule has 0 aliphatic carbocycles. The zero-order chi connectivity index (χ0) is 24.2. The lowest BCUT2D eigenvalue weighted by atomic mass is 10.1. The Hall–Kier alpha value is -2.06. The third-order valence-corrected chi connectivity index (χ3v) is 6.55. The minimum atomic E-state index is -5.16. The average molecular weight is 491 g/mol. The smallest absolute Gasteiger partial charge is 0.382 e. The van der Waals surface area contributed by atoms with E-state index in [0.717, 1.165) is 4.31 Å². The van der Waals surface area contributed by atoms with Crippen molar-refractivity contribution in [1.82, 2.24) is 14.5 Å². The van der Waals surface area contributed by atoms with Gasteiger partial charge in [-0.25, -0.2) is 13.2 Å². The van der Waals surface area contributed by atoms with Gasteiger partial charge >= 0.3 is 18.4 Å². The van der Waals surface area contributed by atoms with Crippen molar-refractivity contribution < 1.29 is 44.3 Å². The molecular weight excluding hydrogens is 468 g/mol. The molecule has 1 aliphatic rings. The molecule has 0 spiro atoms. The fourth-order valence-corrected chi connectivity index (χ4v) is 4.48. The van der Waals surface area contributed by atoms with Crippen molar-refractivity contribution >= 4 is 16.1 Å². The minimum Gasteiger partial charge on any atom is -0.382 e. The van der Waals surface area contributed by atoms with E-state index in [-0.39, 0.29) is 44.4 Å². The van der Waals surface area contributed by atoms with Crippen molar-refractivity contribution in [3.05, 3.63) is 29.3 Å². The standard InChI is InChI=1S/C18H23F6N3O4S/c1-2-31-9-3-4-25-16(28)26-5-7-27(8-6-26)32(29,30)15-11-13(17(19,20)21)10-14(12-15)18(22,23)24/h10-12H,2-9H2,1H3,(H,25,28). The highest BCUT2D eigenvalue weighted by atomic mass is 32.2. The number of carbonyl (C=O) groups is 1. The summed E-state index contributed by atoms with van der Waals surface area (Å²) in [7, 11) is -4.65. The number of hydrogen-bond acceptors (Lipinski definition) is 4. The van der Waals surface area contributed by atoms with Crippen LogP contribution in [-0.4, -0.2) is 69.6 Å². The summed E-state index contributed by atoms with van der Waals surface area (Å²) in [5.41, 5.74) is -3.42. The van der Waals surface area contributed by atoms with Crippen LogP contribution in [0, 0.1) is 0 Å². The lowest BCUT2D eigenvalue weighted by molar-refractivity contribution is -0.143. The zero-order valence-electron chi connectivity index (χ0n) is 17.1. The minimum absolute atomic E-state index is 0.0678. The molecule has 14 heteroatoms.